The number of anilines is 2. The molecule has 0 fully saturated rings. The molecule has 0 bridgehead atoms. The maximum absolute atomic E-state index is 13.0. The molecule has 1 N–H and O–H groups in total. The fourth-order valence-electron chi connectivity index (χ4n) is 3.39. The Morgan fingerprint density at radius 3 is 2.63 bits per heavy atom. The van der Waals surface area contributed by atoms with E-state index in [9.17, 15) is 13.2 Å². The van der Waals surface area contributed by atoms with Crippen molar-refractivity contribution in [2.75, 3.05) is 30.4 Å². The van der Waals surface area contributed by atoms with Gasteiger partial charge in [-0.2, -0.15) is 0 Å². The summed E-state index contributed by atoms with van der Waals surface area (Å²) in [6.45, 7) is 0.564. The Bertz CT molecular complexity index is 1190. The van der Waals surface area contributed by atoms with Crippen molar-refractivity contribution in [2.24, 2.45) is 0 Å². The molecule has 1 aromatic heterocycles. The molecule has 30 heavy (non-hydrogen) atoms. The average molecular weight is 445 g/mol. The quantitative estimate of drug-likeness (QED) is 0.626. The fourth-order valence-corrected chi connectivity index (χ4v) is 5.27. The number of methoxy groups -OCH3 is 2. The third kappa shape index (κ3) is 3.73. The Morgan fingerprint density at radius 2 is 1.93 bits per heavy atom. The zero-order valence-corrected chi connectivity index (χ0v) is 18.0. The van der Waals surface area contributed by atoms with Crippen LogP contribution in [-0.2, 0) is 16.4 Å². The van der Waals surface area contributed by atoms with Crippen LogP contribution >= 0.6 is 11.3 Å². The van der Waals surface area contributed by atoms with Crippen LogP contribution in [0.5, 0.6) is 11.5 Å². The first-order chi connectivity index (χ1) is 14.4. The number of nitrogens with one attached hydrogen (secondary N) is 1. The highest BCUT2D eigenvalue weighted by atomic mass is 32.2. The topological polar surface area (TPSA) is 84.9 Å². The van der Waals surface area contributed by atoms with Gasteiger partial charge < -0.3 is 14.4 Å². The van der Waals surface area contributed by atoms with Crippen LogP contribution < -0.4 is 19.1 Å². The Labute approximate surface area is 178 Å². The minimum absolute atomic E-state index is 0.00202. The summed E-state index contributed by atoms with van der Waals surface area (Å²) in [6.07, 6.45) is 0.728. The summed E-state index contributed by atoms with van der Waals surface area (Å²) in [5.41, 5.74) is 2.10. The van der Waals surface area contributed by atoms with Crippen LogP contribution in [0.15, 0.2) is 58.8 Å². The smallest absolute Gasteiger partial charge is 0.268 e. The molecular weight excluding hydrogens is 424 g/mol. The predicted octanol–water partition coefficient (Wildman–Crippen LogP) is 3.77. The number of amides is 1. The van der Waals surface area contributed by atoms with Gasteiger partial charge in [0.15, 0.2) is 0 Å². The third-order valence-electron chi connectivity index (χ3n) is 4.87. The predicted molar refractivity (Wildman–Crippen MR) is 116 cm³/mol. The molecule has 156 valence electrons. The molecule has 0 saturated heterocycles. The first-order valence-corrected chi connectivity index (χ1v) is 11.5. The lowest BCUT2D eigenvalue weighted by molar-refractivity contribution is 0.0993. The normalized spacial score (nSPS) is 13.1. The number of benzene rings is 2. The molecule has 0 unspecified atom stereocenters. The molecule has 0 saturated carbocycles. The Balaban J connectivity index is 1.64. The molecule has 0 aliphatic carbocycles. The first kappa shape index (κ1) is 20.2. The van der Waals surface area contributed by atoms with Crippen LogP contribution in [-0.4, -0.2) is 35.1 Å². The molecule has 0 atom stereocenters. The van der Waals surface area contributed by atoms with Gasteiger partial charge in [0.1, 0.15) is 16.4 Å². The largest absolute Gasteiger partial charge is 0.497 e. The molecule has 9 heteroatoms. The summed E-state index contributed by atoms with van der Waals surface area (Å²) in [5.74, 6) is 0.587. The summed E-state index contributed by atoms with van der Waals surface area (Å²) >= 11 is 1.38. The molecule has 2 heterocycles. The molecule has 0 radical (unpaired) electrons. The summed E-state index contributed by atoms with van der Waals surface area (Å²) < 4.78 is 38.9. The van der Waals surface area contributed by atoms with Crippen LogP contribution in [0.4, 0.5) is 11.4 Å². The van der Waals surface area contributed by atoms with Gasteiger partial charge >= 0.3 is 0 Å². The van der Waals surface area contributed by atoms with E-state index in [1.54, 1.807) is 29.2 Å². The molecule has 7 nitrogen and oxygen atoms in total. The van der Waals surface area contributed by atoms with Crippen molar-refractivity contribution >= 4 is 38.6 Å². The van der Waals surface area contributed by atoms with Gasteiger partial charge in [-0.1, -0.05) is 12.1 Å². The average Bonchev–Trinajstić information content (AvgIpc) is 3.42. The molecule has 2 aromatic carbocycles. The zero-order chi connectivity index (χ0) is 21.3. The third-order valence-corrected chi connectivity index (χ3v) is 7.15. The highest BCUT2D eigenvalue weighted by Gasteiger charge is 2.27. The maximum Gasteiger partial charge on any atom is 0.268 e. The number of nitrogens with zero attached hydrogens (tertiary/aromatic N) is 1. The van der Waals surface area contributed by atoms with Gasteiger partial charge in [-0.05, 0) is 47.7 Å². The van der Waals surface area contributed by atoms with Crippen molar-refractivity contribution in [3.05, 3.63) is 64.4 Å². The van der Waals surface area contributed by atoms with Crippen molar-refractivity contribution in [3.8, 4) is 11.5 Å². The number of carbonyl (C=O) groups is 1. The standard InChI is InChI=1S/C21H20N2O5S2/c1-27-16-7-8-20(18(13-16)28-2)30(25,26)22-15-6-5-14-9-10-23(17(14)12-15)21(24)19-4-3-11-29-19/h3-8,11-13,22H,9-10H2,1-2H3. The monoisotopic (exact) mass is 444 g/mol. The maximum atomic E-state index is 13.0. The van der Waals surface area contributed by atoms with Gasteiger partial charge in [0.2, 0.25) is 0 Å². The van der Waals surface area contributed by atoms with Gasteiger partial charge in [0, 0.05) is 18.3 Å². The van der Waals surface area contributed by atoms with Crippen molar-refractivity contribution in [2.45, 2.75) is 11.3 Å². The van der Waals surface area contributed by atoms with E-state index in [0.29, 0.717) is 22.9 Å². The number of carbonyl (C=O) groups excluding carboxylic acids is 1. The SMILES string of the molecule is COc1ccc(S(=O)(=O)Nc2ccc3c(c2)N(C(=O)c2cccs2)CC3)c(OC)c1. The van der Waals surface area contributed by atoms with E-state index in [1.165, 1.54) is 37.7 Å². The van der Waals surface area contributed by atoms with Gasteiger partial charge in [-0.3, -0.25) is 9.52 Å². The number of rotatable bonds is 6. The number of hydrogen-bond donors (Lipinski definition) is 1. The summed E-state index contributed by atoms with van der Waals surface area (Å²) in [6, 6.07) is 13.4. The van der Waals surface area contributed by atoms with E-state index in [1.807, 2.05) is 17.5 Å². The van der Waals surface area contributed by atoms with Gasteiger partial charge in [-0.25, -0.2) is 8.42 Å². The zero-order valence-electron chi connectivity index (χ0n) is 16.4. The molecule has 3 aromatic rings. The van der Waals surface area contributed by atoms with Gasteiger partial charge in [0.25, 0.3) is 15.9 Å². The van der Waals surface area contributed by atoms with E-state index >= 15 is 0 Å². The van der Waals surface area contributed by atoms with Crippen molar-refractivity contribution in [1.29, 1.82) is 0 Å². The van der Waals surface area contributed by atoms with Gasteiger partial charge in [0.05, 0.1) is 24.8 Å². The first-order valence-electron chi connectivity index (χ1n) is 9.16. The Hall–Kier alpha value is -3.04. The summed E-state index contributed by atoms with van der Waals surface area (Å²) in [5, 5.41) is 1.86. The molecular formula is C21H20N2O5S2. The van der Waals surface area contributed by atoms with E-state index in [2.05, 4.69) is 4.72 Å². The number of fused-ring (bicyclic) bond motifs is 1. The van der Waals surface area contributed by atoms with E-state index < -0.39 is 10.0 Å². The number of hydrogen-bond acceptors (Lipinski definition) is 6. The highest BCUT2D eigenvalue weighted by molar-refractivity contribution is 7.92. The van der Waals surface area contributed by atoms with Crippen LogP contribution in [0.2, 0.25) is 0 Å². The van der Waals surface area contributed by atoms with Gasteiger partial charge in [-0.15, -0.1) is 11.3 Å². The van der Waals surface area contributed by atoms with Crippen LogP contribution in [0.25, 0.3) is 0 Å². The highest BCUT2D eigenvalue weighted by Crippen LogP contribution is 2.34. The molecule has 1 aliphatic heterocycles. The van der Waals surface area contributed by atoms with Crippen molar-refractivity contribution in [3.63, 3.8) is 0 Å². The summed E-state index contributed by atoms with van der Waals surface area (Å²) in [4.78, 5) is 15.1. The van der Waals surface area contributed by atoms with Crippen LogP contribution in [0.1, 0.15) is 15.2 Å². The van der Waals surface area contributed by atoms with Crippen molar-refractivity contribution < 1.29 is 22.7 Å². The minimum Gasteiger partial charge on any atom is -0.497 e. The second-order valence-electron chi connectivity index (χ2n) is 6.65. The van der Waals surface area contributed by atoms with Crippen LogP contribution in [0.3, 0.4) is 0 Å². The van der Waals surface area contributed by atoms with Crippen molar-refractivity contribution in [1.82, 2.24) is 0 Å². The second kappa shape index (κ2) is 8.00. The van der Waals surface area contributed by atoms with Crippen LogP contribution in [0, 0.1) is 0 Å². The van der Waals surface area contributed by atoms with E-state index in [-0.39, 0.29) is 16.6 Å². The minimum atomic E-state index is -3.91. The lowest BCUT2D eigenvalue weighted by Crippen LogP contribution is -2.28. The second-order valence-corrected chi connectivity index (χ2v) is 9.25. The number of thiophene rings is 1. The fraction of sp³-hybridized carbons (Fsp3) is 0.190. The molecule has 1 amide bonds. The lowest BCUT2D eigenvalue weighted by atomic mass is 10.1. The Morgan fingerprint density at radius 1 is 1.10 bits per heavy atom. The number of ether oxygens (including phenoxy) is 2. The molecule has 4 rings (SSSR count). The van der Waals surface area contributed by atoms with E-state index in [0.717, 1.165) is 17.7 Å². The molecule has 1 aliphatic rings. The summed E-state index contributed by atoms with van der Waals surface area (Å²) in [7, 11) is -1.02. The Kier molecular flexibility index (Phi) is 5.40. The number of sulfonamides is 1. The molecule has 0 spiro atoms. The van der Waals surface area contributed by atoms with E-state index in [4.69, 9.17) is 9.47 Å². The lowest BCUT2D eigenvalue weighted by Gasteiger charge is -2.18.